The molecule has 0 saturated heterocycles. The lowest BCUT2D eigenvalue weighted by atomic mass is 9.93. The molecule has 3 aromatic rings. The molecule has 0 radical (unpaired) electrons. The van der Waals surface area contributed by atoms with Gasteiger partial charge in [-0.3, -0.25) is 19.2 Å². The first-order valence-electron chi connectivity index (χ1n) is 32.4. The molecular weight excluding hydrogens is 1250 g/mol. The number of amides is 3. The first-order chi connectivity index (χ1) is 44.1. The quantitative estimate of drug-likeness (QED) is 0.0134. The number of rotatable bonds is 39. The minimum atomic E-state index is -0.936. The van der Waals surface area contributed by atoms with Crippen LogP contribution in [-0.4, -0.2) is 157 Å². The van der Waals surface area contributed by atoms with Gasteiger partial charge in [0.05, 0.1) is 19.8 Å². The van der Waals surface area contributed by atoms with Crippen molar-refractivity contribution in [2.45, 2.75) is 231 Å². The zero-order chi connectivity index (χ0) is 70.7. The molecule has 93 heavy (non-hydrogen) atoms. The third-order valence-electron chi connectivity index (χ3n) is 15.7. The van der Waals surface area contributed by atoms with Gasteiger partial charge in [-0.05, 0) is 92.1 Å². The first-order valence-corrected chi connectivity index (χ1v) is 35.1. The van der Waals surface area contributed by atoms with E-state index in [0.29, 0.717) is 55.3 Å². The smallest absolute Gasteiger partial charge is 0.357 e. The number of ketones is 1. The van der Waals surface area contributed by atoms with Gasteiger partial charge in [0.2, 0.25) is 17.7 Å². The van der Waals surface area contributed by atoms with E-state index in [2.05, 4.69) is 45.0 Å². The molecular formula is C63H103N15O12S3. The van der Waals surface area contributed by atoms with Gasteiger partial charge in [-0.2, -0.15) is 0 Å². The normalized spacial score (nSPS) is 14.6. The fraction of sp³-hybridized carbons (Fsp3) is 0.746. The van der Waals surface area contributed by atoms with Crippen LogP contribution < -0.4 is 0 Å². The Hall–Kier alpha value is -6.77. The average Bonchev–Trinajstić information content (AvgIpc) is 1.22. The minimum Gasteiger partial charge on any atom is -0.461 e. The largest absolute Gasteiger partial charge is 0.461 e. The number of carbonyl (C=O) groups excluding carboxylic acids is 7. The molecule has 4 unspecified atom stereocenters. The number of thiazole rings is 3. The molecule has 0 fully saturated rings. The van der Waals surface area contributed by atoms with E-state index in [9.17, 15) is 43.8 Å². The zero-order valence-corrected chi connectivity index (χ0v) is 60.3. The Morgan fingerprint density at radius 3 is 1.03 bits per heavy atom. The molecule has 2 N–H and O–H groups in total. The van der Waals surface area contributed by atoms with Gasteiger partial charge in [-0.1, -0.05) is 138 Å². The molecule has 3 heterocycles. The lowest BCUT2D eigenvalue weighted by Crippen LogP contribution is -2.49. The Morgan fingerprint density at radius 1 is 0.473 bits per heavy atom. The third-order valence-corrected chi connectivity index (χ3v) is 18.5. The molecule has 0 spiro atoms. The second-order valence-electron chi connectivity index (χ2n) is 23.6. The van der Waals surface area contributed by atoms with Crippen molar-refractivity contribution >= 4 is 75.4 Å². The van der Waals surface area contributed by atoms with E-state index in [0.717, 1.165) is 24.2 Å². The van der Waals surface area contributed by atoms with Crippen molar-refractivity contribution in [3.8, 4) is 0 Å². The van der Waals surface area contributed by atoms with Gasteiger partial charge in [0.1, 0.15) is 40.3 Å². The number of carbonyl (C=O) groups is 7. The van der Waals surface area contributed by atoms with Gasteiger partial charge in [0.25, 0.3) is 0 Å². The molecule has 0 bridgehead atoms. The lowest BCUT2D eigenvalue weighted by molar-refractivity contribution is -0.138. The van der Waals surface area contributed by atoms with Crippen LogP contribution in [0.4, 0.5) is 0 Å². The number of Topliss-reactive ketones (excluding diaryl/α,β-unsaturated/α-hetero) is 1. The molecule has 11 atom stereocenters. The van der Waals surface area contributed by atoms with Crippen LogP contribution in [0.2, 0.25) is 0 Å². The Morgan fingerprint density at radius 2 is 0.763 bits per heavy atom. The van der Waals surface area contributed by atoms with Gasteiger partial charge in [-0.25, -0.2) is 29.3 Å². The molecule has 3 amide bonds. The van der Waals surface area contributed by atoms with E-state index in [-0.39, 0.29) is 138 Å². The first kappa shape index (κ1) is 84.2. The summed E-state index contributed by atoms with van der Waals surface area (Å²) in [5, 5.41) is 38.7. The van der Waals surface area contributed by atoms with Crippen molar-refractivity contribution in [1.82, 2.24) is 29.7 Å². The highest BCUT2D eigenvalue weighted by Crippen LogP contribution is 2.32. The number of aliphatic hydroxyl groups excluding tert-OH is 2. The Labute approximate surface area is 561 Å². The fourth-order valence-corrected chi connectivity index (χ4v) is 12.3. The van der Waals surface area contributed by atoms with Crippen LogP contribution >= 0.6 is 34.0 Å². The molecule has 30 heteroatoms. The Bertz CT molecular complexity index is 2810. The molecule has 3 aromatic heterocycles. The number of esters is 3. The number of aliphatic hydroxyl groups is 2. The molecule has 520 valence electrons. The number of hydrogen-bond donors (Lipinski definition) is 2. The zero-order valence-electron chi connectivity index (χ0n) is 57.8. The number of azide groups is 3. The molecule has 0 aromatic carbocycles. The van der Waals surface area contributed by atoms with Gasteiger partial charge in [-0.15, -0.1) is 34.0 Å². The molecule has 0 aliphatic carbocycles. The standard InChI is InChI=1S/2C21H35N5O4S.C21H33N5O4S/c3*1-7-10-26(20(28)18(24-25-22)14(6)8-2)16(13(4)5)11-17(27)19-23-15(12-31-19)21(29)30-9-3/h2*12-14,16-18,27H,7-11H2,1-6H3;12-14,16,18H,7-11H2,1-6H3/t14?,16-,17+,18-;14?,16-,17-,18+;14?,16?,18-/m010/s1. The highest BCUT2D eigenvalue weighted by Gasteiger charge is 2.38. The van der Waals surface area contributed by atoms with Crippen molar-refractivity contribution in [3.05, 3.63) is 79.6 Å². The van der Waals surface area contributed by atoms with Crippen LogP contribution in [0.25, 0.3) is 31.3 Å². The van der Waals surface area contributed by atoms with E-state index in [1.807, 2.05) is 104 Å². The van der Waals surface area contributed by atoms with E-state index in [1.165, 1.54) is 28.1 Å². The lowest BCUT2D eigenvalue weighted by Gasteiger charge is -2.37. The Balaban J connectivity index is 0.000000697. The maximum atomic E-state index is 13.4. The summed E-state index contributed by atoms with van der Waals surface area (Å²) in [5.41, 5.74) is 27.4. The van der Waals surface area contributed by atoms with E-state index < -0.39 is 48.2 Å². The average molecular weight is 1360 g/mol. The summed E-state index contributed by atoms with van der Waals surface area (Å²) < 4.78 is 14.8. The summed E-state index contributed by atoms with van der Waals surface area (Å²) in [4.78, 5) is 115. The highest BCUT2D eigenvalue weighted by molar-refractivity contribution is 7.12. The second-order valence-corrected chi connectivity index (χ2v) is 26.2. The molecule has 0 aliphatic heterocycles. The van der Waals surface area contributed by atoms with Crippen molar-refractivity contribution < 1.29 is 58.0 Å². The van der Waals surface area contributed by atoms with E-state index >= 15 is 0 Å². The number of ether oxygens (including phenoxy) is 3. The van der Waals surface area contributed by atoms with Crippen molar-refractivity contribution in [2.24, 2.45) is 50.9 Å². The summed E-state index contributed by atoms with van der Waals surface area (Å²) in [6.45, 7) is 36.6. The van der Waals surface area contributed by atoms with Gasteiger partial charge in [0.15, 0.2) is 27.9 Å². The molecule has 3 rings (SSSR count). The van der Waals surface area contributed by atoms with E-state index in [4.69, 9.17) is 30.8 Å². The summed E-state index contributed by atoms with van der Waals surface area (Å²) in [6, 6.07) is -3.32. The predicted molar refractivity (Wildman–Crippen MR) is 361 cm³/mol. The van der Waals surface area contributed by atoms with Gasteiger partial charge < -0.3 is 39.1 Å². The van der Waals surface area contributed by atoms with Crippen molar-refractivity contribution in [1.29, 1.82) is 0 Å². The van der Waals surface area contributed by atoms with E-state index in [1.54, 1.807) is 46.2 Å². The molecule has 0 aliphatic rings. The van der Waals surface area contributed by atoms with Gasteiger partial charge >= 0.3 is 17.9 Å². The van der Waals surface area contributed by atoms with Crippen LogP contribution in [0.1, 0.15) is 246 Å². The fourth-order valence-electron chi connectivity index (χ4n) is 9.95. The SMILES string of the molecule is CCCN(C(=O)[C@@H](N=[N+]=[N-])C(C)CC)C(CC(=O)c1nc(C(=O)OCC)cs1)C(C)C.CCCN(C(=O)[C@@H](N=[N+]=[N-])C(C)CC)[C@@H](C[C@@H](O)c1nc(C(=O)OCC)cs1)C(C)C.CCCN(C(=O)[C@@H](N=[N+]=[N-])C(C)CC)[C@H](C[C@@H](O)c1nc(C(=O)OCC)cs1)C(C)C. The highest BCUT2D eigenvalue weighted by atomic mass is 32.1. The maximum absolute atomic E-state index is 13.4. The van der Waals surface area contributed by atoms with Crippen LogP contribution in [-0.2, 0) is 28.6 Å². The van der Waals surface area contributed by atoms with Gasteiger partial charge in [0, 0.05) is 87.9 Å². The maximum Gasteiger partial charge on any atom is 0.357 e. The van der Waals surface area contributed by atoms with Crippen LogP contribution in [0.3, 0.4) is 0 Å². The Kier molecular flexibility index (Phi) is 40.5. The van der Waals surface area contributed by atoms with Crippen LogP contribution in [0.15, 0.2) is 31.5 Å². The topological polar surface area (TPSA) is 382 Å². The van der Waals surface area contributed by atoms with Crippen LogP contribution in [0, 0.1) is 35.5 Å². The minimum absolute atomic E-state index is 0.00686. The van der Waals surface area contributed by atoms with Crippen molar-refractivity contribution in [2.75, 3.05) is 39.5 Å². The number of nitrogens with zero attached hydrogens (tertiary/aromatic N) is 15. The van der Waals surface area contributed by atoms with Crippen LogP contribution in [0.5, 0.6) is 0 Å². The summed E-state index contributed by atoms with van der Waals surface area (Å²) >= 11 is 3.47. The molecule has 27 nitrogen and oxygen atoms in total. The second kappa shape index (κ2) is 44.8. The number of hydrogen-bond acceptors (Lipinski definition) is 21. The molecule has 0 saturated carbocycles. The number of aromatic nitrogens is 3. The monoisotopic (exact) mass is 1360 g/mol. The third kappa shape index (κ3) is 26.5. The summed E-state index contributed by atoms with van der Waals surface area (Å²) in [6.07, 6.45) is 3.02. The van der Waals surface area contributed by atoms with Crippen molar-refractivity contribution in [3.63, 3.8) is 0 Å². The summed E-state index contributed by atoms with van der Waals surface area (Å²) in [7, 11) is 0. The predicted octanol–water partition coefficient (Wildman–Crippen LogP) is 14.3. The summed E-state index contributed by atoms with van der Waals surface area (Å²) in [5.74, 6) is -2.73.